The molecule has 7 aromatic carbocycles. The number of fused-ring (bicyclic) bond motifs is 4. The molecule has 7 heteroatoms. The molecule has 0 N–H and O–H groups in total. The van der Waals surface area contributed by atoms with Gasteiger partial charge in [-0.05, 0) is 94.0 Å². The Morgan fingerprint density at radius 3 is 1.86 bits per heavy atom. The van der Waals surface area contributed by atoms with Gasteiger partial charge in [-0.1, -0.05) is 60.7 Å². The van der Waals surface area contributed by atoms with Gasteiger partial charge in [0.15, 0.2) is 0 Å². The van der Waals surface area contributed by atoms with Crippen molar-refractivity contribution >= 4 is 85.1 Å². The molecule has 0 spiro atoms. The third-order valence-corrected chi connectivity index (χ3v) is 11.3. The number of hydrogen-bond donors (Lipinski definition) is 0. The minimum absolute atomic E-state index is 0.0813. The van der Waals surface area contributed by atoms with E-state index in [1.165, 1.54) is 38.2 Å². The Kier molecular flexibility index (Phi) is 4.24. The molecule has 5 aliphatic rings. The number of benzene rings is 7. The lowest BCUT2D eigenvalue weighted by Gasteiger charge is -2.42. The third kappa shape index (κ3) is 2.85. The average molecular weight is 624 g/mol. The standard InChI is InChI=1S/C42H22B2N2O3/c1-2-9-23(10-3-1)45-29-13-6-15-32-38(29)43-26-21-27-37(22-31(26)45)49-33-16-7-14-30-39(33)44(27)41-36(48-35-18-8-17-34(47-32)40(35)43)20-19-25-24-11-4-5-12-28(24)46(30)42(25)41/h1-22H. The zero-order chi connectivity index (χ0) is 31.5. The molecule has 0 saturated heterocycles. The van der Waals surface area contributed by atoms with Crippen LogP contribution >= 0.6 is 0 Å². The van der Waals surface area contributed by atoms with Crippen molar-refractivity contribution < 1.29 is 14.2 Å². The number of nitrogens with zero attached hydrogens (tertiary/aromatic N) is 2. The van der Waals surface area contributed by atoms with Gasteiger partial charge in [-0.15, -0.1) is 0 Å². The molecule has 0 unspecified atom stereocenters. The second kappa shape index (κ2) is 8.38. The predicted octanol–water partition coefficient (Wildman–Crippen LogP) is 6.23. The smallest absolute Gasteiger partial charge is 0.261 e. The van der Waals surface area contributed by atoms with E-state index in [2.05, 4.69) is 137 Å². The largest absolute Gasteiger partial charge is 0.458 e. The summed E-state index contributed by atoms with van der Waals surface area (Å²) in [5, 5.41) is 2.45. The predicted molar refractivity (Wildman–Crippen MR) is 198 cm³/mol. The highest BCUT2D eigenvalue weighted by Gasteiger charge is 2.48. The van der Waals surface area contributed by atoms with Crippen LogP contribution in [-0.4, -0.2) is 18.0 Å². The fourth-order valence-electron chi connectivity index (χ4n) is 9.48. The molecule has 5 aliphatic heterocycles. The van der Waals surface area contributed by atoms with Gasteiger partial charge in [-0.2, -0.15) is 0 Å². The van der Waals surface area contributed by atoms with Gasteiger partial charge in [0.05, 0.1) is 11.0 Å². The van der Waals surface area contributed by atoms with Crippen molar-refractivity contribution in [3.63, 3.8) is 0 Å². The Bertz CT molecular complexity index is 2850. The normalized spacial score (nSPS) is 14.5. The van der Waals surface area contributed by atoms with Crippen LogP contribution < -0.4 is 51.9 Å². The second-order valence-corrected chi connectivity index (χ2v) is 13.6. The van der Waals surface area contributed by atoms with Gasteiger partial charge >= 0.3 is 0 Å². The maximum Gasteiger partial charge on any atom is 0.261 e. The minimum atomic E-state index is -0.0941. The SMILES string of the molecule is c1ccc(N2c3cc4c5cc3B3c6c(cccc6Oc6ccc7c8ccccc8n8c7c6B5c5c(cccc5-8)O4)Oc4cccc2c43)cc1. The molecule has 0 fully saturated rings. The summed E-state index contributed by atoms with van der Waals surface area (Å²) in [4.78, 5) is 2.37. The second-order valence-electron chi connectivity index (χ2n) is 13.6. The van der Waals surface area contributed by atoms with E-state index in [4.69, 9.17) is 14.2 Å². The van der Waals surface area contributed by atoms with E-state index in [1.54, 1.807) is 0 Å². The molecule has 8 aromatic rings. The van der Waals surface area contributed by atoms with Crippen molar-refractivity contribution in [3.8, 4) is 40.2 Å². The summed E-state index contributed by atoms with van der Waals surface area (Å²) in [5.74, 6) is 5.14. The van der Waals surface area contributed by atoms with Gasteiger partial charge in [-0.25, -0.2) is 0 Å². The summed E-state index contributed by atoms with van der Waals surface area (Å²) >= 11 is 0. The first-order valence-corrected chi connectivity index (χ1v) is 16.8. The lowest BCUT2D eigenvalue weighted by atomic mass is 9.30. The highest BCUT2D eigenvalue weighted by atomic mass is 16.5. The highest BCUT2D eigenvalue weighted by molar-refractivity contribution is 7.02. The van der Waals surface area contributed by atoms with Crippen LogP contribution in [0.1, 0.15) is 0 Å². The van der Waals surface area contributed by atoms with Crippen LogP contribution in [0.3, 0.4) is 0 Å². The van der Waals surface area contributed by atoms with E-state index in [0.717, 1.165) is 73.6 Å². The zero-order valence-electron chi connectivity index (χ0n) is 26.0. The maximum atomic E-state index is 7.23. The van der Waals surface area contributed by atoms with Crippen LogP contribution in [-0.2, 0) is 0 Å². The fourth-order valence-corrected chi connectivity index (χ4v) is 9.48. The molecule has 1 aromatic heterocycles. The molecule has 0 atom stereocenters. The molecule has 49 heavy (non-hydrogen) atoms. The van der Waals surface area contributed by atoms with Crippen molar-refractivity contribution in [1.29, 1.82) is 0 Å². The summed E-state index contributed by atoms with van der Waals surface area (Å²) in [6, 6.07) is 47.6. The molecule has 0 aliphatic carbocycles. The molecule has 0 saturated carbocycles. The van der Waals surface area contributed by atoms with E-state index in [9.17, 15) is 0 Å². The quantitative estimate of drug-likeness (QED) is 0.203. The molecular formula is C42H22B2N2O3. The Morgan fingerprint density at radius 1 is 0.408 bits per heavy atom. The van der Waals surface area contributed by atoms with Crippen molar-refractivity contribution in [2.45, 2.75) is 0 Å². The maximum absolute atomic E-state index is 7.23. The summed E-state index contributed by atoms with van der Waals surface area (Å²) in [6.45, 7) is -0.175. The topological polar surface area (TPSA) is 35.9 Å². The number of aromatic nitrogens is 1. The summed E-state index contributed by atoms with van der Waals surface area (Å²) in [6.07, 6.45) is 0. The molecular weight excluding hydrogens is 602 g/mol. The van der Waals surface area contributed by atoms with Crippen molar-refractivity contribution in [1.82, 2.24) is 4.57 Å². The lowest BCUT2D eigenvalue weighted by Crippen LogP contribution is -2.64. The van der Waals surface area contributed by atoms with Crippen molar-refractivity contribution in [3.05, 3.63) is 133 Å². The van der Waals surface area contributed by atoms with Gasteiger partial charge in [0.2, 0.25) is 0 Å². The van der Waals surface area contributed by atoms with Crippen molar-refractivity contribution in [2.75, 3.05) is 4.90 Å². The van der Waals surface area contributed by atoms with E-state index < -0.39 is 0 Å². The lowest BCUT2D eigenvalue weighted by molar-refractivity contribution is 0.468. The first-order chi connectivity index (χ1) is 24.3. The molecule has 0 amide bonds. The average Bonchev–Trinajstić information content (AvgIpc) is 3.48. The van der Waals surface area contributed by atoms with Crippen molar-refractivity contribution in [2.24, 2.45) is 0 Å². The number of rotatable bonds is 1. The van der Waals surface area contributed by atoms with Gasteiger partial charge in [0.1, 0.15) is 34.5 Å². The Labute approximate surface area is 281 Å². The number of para-hydroxylation sites is 2. The highest BCUT2D eigenvalue weighted by Crippen LogP contribution is 2.45. The first-order valence-electron chi connectivity index (χ1n) is 16.8. The monoisotopic (exact) mass is 624 g/mol. The third-order valence-electron chi connectivity index (χ3n) is 11.3. The summed E-state index contributed by atoms with van der Waals surface area (Å²) < 4.78 is 23.4. The Morgan fingerprint density at radius 2 is 1.04 bits per heavy atom. The summed E-state index contributed by atoms with van der Waals surface area (Å²) in [5.41, 5.74) is 13.8. The van der Waals surface area contributed by atoms with Gasteiger partial charge in [-0.3, -0.25) is 0 Å². The number of hydrogen-bond acceptors (Lipinski definition) is 4. The van der Waals surface area contributed by atoms with Crippen LogP contribution in [0.15, 0.2) is 133 Å². The van der Waals surface area contributed by atoms with Gasteiger partial charge in [0, 0.05) is 45.1 Å². The van der Waals surface area contributed by atoms with Crippen LogP contribution in [0.5, 0.6) is 34.5 Å². The molecule has 5 nitrogen and oxygen atoms in total. The number of ether oxygens (including phenoxy) is 3. The van der Waals surface area contributed by atoms with Crippen LogP contribution in [0, 0.1) is 0 Å². The zero-order valence-corrected chi connectivity index (χ0v) is 26.0. The van der Waals surface area contributed by atoms with E-state index in [1.807, 2.05) is 6.07 Å². The van der Waals surface area contributed by atoms with Crippen LogP contribution in [0.4, 0.5) is 17.1 Å². The number of anilines is 3. The fraction of sp³-hybridized carbons (Fsp3) is 0. The molecule has 0 radical (unpaired) electrons. The van der Waals surface area contributed by atoms with Gasteiger partial charge in [0.25, 0.3) is 13.4 Å². The first kappa shape index (κ1) is 24.8. The van der Waals surface area contributed by atoms with Gasteiger partial charge < -0.3 is 23.7 Å². The molecule has 2 bridgehead atoms. The minimum Gasteiger partial charge on any atom is -0.458 e. The van der Waals surface area contributed by atoms with E-state index in [-0.39, 0.29) is 13.4 Å². The van der Waals surface area contributed by atoms with E-state index >= 15 is 0 Å². The van der Waals surface area contributed by atoms with Crippen LogP contribution in [0.2, 0.25) is 0 Å². The van der Waals surface area contributed by atoms with E-state index in [0.29, 0.717) is 0 Å². The van der Waals surface area contributed by atoms with Crippen LogP contribution in [0.25, 0.3) is 27.5 Å². The Hall–Kier alpha value is -6.33. The molecule has 13 rings (SSSR count). The summed E-state index contributed by atoms with van der Waals surface area (Å²) in [7, 11) is 0. The molecule has 224 valence electrons. The molecule has 6 heterocycles. The Balaban J connectivity index is 1.23.